The molecule has 1 aromatic carbocycles. The van der Waals surface area contributed by atoms with Gasteiger partial charge in [0, 0.05) is 0 Å². The van der Waals surface area contributed by atoms with E-state index in [1.54, 1.807) is 6.92 Å². The second-order valence-electron chi connectivity index (χ2n) is 4.02. The van der Waals surface area contributed by atoms with Gasteiger partial charge in [-0.3, -0.25) is 10.1 Å². The Hall–Kier alpha value is -2.21. The predicted molar refractivity (Wildman–Crippen MR) is 72.4 cm³/mol. The molecule has 0 aliphatic heterocycles. The molecule has 0 spiro atoms. The highest BCUT2D eigenvalue weighted by molar-refractivity contribution is 5.82. The summed E-state index contributed by atoms with van der Waals surface area (Å²) in [7, 11) is 0. The van der Waals surface area contributed by atoms with Crippen LogP contribution in [-0.2, 0) is 20.9 Å². The summed E-state index contributed by atoms with van der Waals surface area (Å²) in [5.74, 6) is -0.741. The molecule has 0 N–H and O–H groups in total. The van der Waals surface area contributed by atoms with Crippen LogP contribution in [0.2, 0.25) is 0 Å². The summed E-state index contributed by atoms with van der Waals surface area (Å²) in [6.07, 6.45) is 0.0497. The molecule has 20 heavy (non-hydrogen) atoms. The normalized spacial score (nSPS) is 12.8. The van der Waals surface area contributed by atoms with E-state index in [4.69, 9.17) is 4.74 Å². The fourth-order valence-corrected chi connectivity index (χ4v) is 1.50. The number of carbonyl (C=O) groups excluding carboxylic acids is 1. The summed E-state index contributed by atoms with van der Waals surface area (Å²) in [6, 6.07) is 9.29. The Kier molecular flexibility index (Phi) is 6.39. The minimum Gasteiger partial charge on any atom is -0.463 e. The maximum absolute atomic E-state index is 11.3. The maximum atomic E-state index is 11.3. The molecule has 0 aliphatic carbocycles. The molecule has 6 nitrogen and oxygen atoms in total. The van der Waals surface area contributed by atoms with E-state index >= 15 is 0 Å². The molecule has 0 saturated heterocycles. The molecule has 0 saturated carbocycles. The average Bonchev–Trinajstić information content (AvgIpc) is 2.43. The Morgan fingerprint density at radius 1 is 1.40 bits per heavy atom. The van der Waals surface area contributed by atoms with Crippen molar-refractivity contribution < 1.29 is 19.2 Å². The zero-order chi connectivity index (χ0) is 15.0. The van der Waals surface area contributed by atoms with Crippen LogP contribution in [0.15, 0.2) is 42.1 Å². The molecule has 0 heterocycles. The van der Waals surface area contributed by atoms with Gasteiger partial charge in [-0.1, -0.05) is 30.3 Å². The van der Waals surface area contributed by atoms with Crippen molar-refractivity contribution in [2.24, 2.45) is 0 Å². The van der Waals surface area contributed by atoms with E-state index in [0.717, 1.165) is 11.6 Å². The zero-order valence-corrected chi connectivity index (χ0v) is 11.4. The second-order valence-corrected chi connectivity index (χ2v) is 4.02. The SMILES string of the molecule is CCOC(=O)/C=C(/[C@H](C)OCc1ccccc1)[N+](=O)[O-]. The molecule has 0 fully saturated rings. The summed E-state index contributed by atoms with van der Waals surface area (Å²) in [4.78, 5) is 21.6. The predicted octanol–water partition coefficient (Wildman–Crippen LogP) is 2.32. The highest BCUT2D eigenvalue weighted by Gasteiger charge is 2.23. The highest BCUT2D eigenvalue weighted by Crippen LogP contribution is 2.11. The smallest absolute Gasteiger partial charge is 0.337 e. The van der Waals surface area contributed by atoms with E-state index in [1.165, 1.54) is 6.92 Å². The van der Waals surface area contributed by atoms with Crippen LogP contribution in [0.4, 0.5) is 0 Å². The zero-order valence-electron chi connectivity index (χ0n) is 11.4. The van der Waals surface area contributed by atoms with E-state index in [9.17, 15) is 14.9 Å². The summed E-state index contributed by atoms with van der Waals surface area (Å²) in [6.45, 7) is 3.55. The summed E-state index contributed by atoms with van der Waals surface area (Å²) < 4.78 is 10.1. The van der Waals surface area contributed by atoms with Crippen molar-refractivity contribution in [3.05, 3.63) is 57.8 Å². The van der Waals surface area contributed by atoms with E-state index < -0.39 is 17.0 Å². The highest BCUT2D eigenvalue weighted by atomic mass is 16.6. The van der Waals surface area contributed by atoms with Crippen LogP contribution >= 0.6 is 0 Å². The summed E-state index contributed by atoms with van der Waals surface area (Å²) >= 11 is 0. The number of rotatable bonds is 7. The molecule has 0 aromatic heterocycles. The number of benzene rings is 1. The van der Waals surface area contributed by atoms with Crippen molar-refractivity contribution in [3.8, 4) is 0 Å². The van der Waals surface area contributed by atoms with Crippen molar-refractivity contribution in [2.45, 2.75) is 26.6 Å². The van der Waals surface area contributed by atoms with Gasteiger partial charge in [0.05, 0.1) is 24.2 Å². The Bertz CT molecular complexity index is 484. The number of hydrogen-bond acceptors (Lipinski definition) is 5. The molecule has 0 amide bonds. The first kappa shape index (κ1) is 15.8. The largest absolute Gasteiger partial charge is 0.463 e. The van der Waals surface area contributed by atoms with Crippen molar-refractivity contribution in [1.82, 2.24) is 0 Å². The van der Waals surface area contributed by atoms with Gasteiger partial charge < -0.3 is 9.47 Å². The minimum absolute atomic E-state index is 0.166. The summed E-state index contributed by atoms with van der Waals surface area (Å²) in [5.41, 5.74) is 0.581. The lowest BCUT2D eigenvalue weighted by molar-refractivity contribution is -0.436. The van der Waals surface area contributed by atoms with Gasteiger partial charge in [0.15, 0.2) is 0 Å². The molecule has 0 radical (unpaired) electrons. The first-order valence-electron chi connectivity index (χ1n) is 6.22. The van der Waals surface area contributed by atoms with Crippen LogP contribution in [0.3, 0.4) is 0 Å². The third-order valence-electron chi connectivity index (χ3n) is 2.52. The van der Waals surface area contributed by atoms with Gasteiger partial charge in [0.2, 0.25) is 0 Å². The lowest BCUT2D eigenvalue weighted by Crippen LogP contribution is -2.19. The molecule has 1 atom stereocenters. The molecule has 0 aliphatic rings. The quantitative estimate of drug-likeness (QED) is 0.331. The van der Waals surface area contributed by atoms with Crippen LogP contribution in [0, 0.1) is 10.1 Å². The first-order chi connectivity index (χ1) is 9.54. The number of nitrogens with zero attached hydrogens (tertiary/aromatic N) is 1. The van der Waals surface area contributed by atoms with Gasteiger partial charge in [-0.25, -0.2) is 4.79 Å². The number of ether oxygens (including phenoxy) is 2. The third kappa shape index (κ3) is 5.19. The van der Waals surface area contributed by atoms with Gasteiger partial charge in [-0.05, 0) is 19.4 Å². The summed E-state index contributed by atoms with van der Waals surface area (Å²) in [5, 5.41) is 10.9. The lowest BCUT2D eigenvalue weighted by atomic mass is 10.2. The third-order valence-corrected chi connectivity index (χ3v) is 2.52. The van der Waals surface area contributed by atoms with Crippen LogP contribution in [0.25, 0.3) is 0 Å². The number of esters is 1. The molecule has 0 bridgehead atoms. The van der Waals surface area contributed by atoms with Crippen LogP contribution in [-0.4, -0.2) is 23.6 Å². The Labute approximate surface area is 117 Å². The standard InChI is InChI=1S/C14H17NO5/c1-3-19-14(16)9-13(15(17)18)11(2)20-10-12-7-5-4-6-8-12/h4-9,11H,3,10H2,1-2H3/b13-9-/t11-/m0/s1. The van der Waals surface area contributed by atoms with Crippen molar-refractivity contribution >= 4 is 5.97 Å². The minimum atomic E-state index is -0.811. The Morgan fingerprint density at radius 2 is 2.05 bits per heavy atom. The average molecular weight is 279 g/mol. The number of nitro groups is 1. The van der Waals surface area contributed by atoms with Crippen molar-refractivity contribution in [1.29, 1.82) is 0 Å². The number of carbonyl (C=O) groups is 1. The maximum Gasteiger partial charge on any atom is 0.337 e. The lowest BCUT2D eigenvalue weighted by Gasteiger charge is -2.10. The Morgan fingerprint density at radius 3 is 2.60 bits per heavy atom. The van der Waals surface area contributed by atoms with Crippen LogP contribution in [0.1, 0.15) is 19.4 Å². The second kappa shape index (κ2) is 8.06. The monoisotopic (exact) mass is 279 g/mol. The molecular formula is C14H17NO5. The number of hydrogen-bond donors (Lipinski definition) is 0. The van der Waals surface area contributed by atoms with E-state index in [0.29, 0.717) is 0 Å². The van der Waals surface area contributed by atoms with E-state index in [-0.39, 0.29) is 18.9 Å². The molecule has 0 unspecified atom stereocenters. The molecular weight excluding hydrogens is 262 g/mol. The van der Waals surface area contributed by atoms with Gasteiger partial charge in [-0.15, -0.1) is 0 Å². The first-order valence-corrected chi connectivity index (χ1v) is 6.22. The van der Waals surface area contributed by atoms with Crippen molar-refractivity contribution in [2.75, 3.05) is 6.61 Å². The van der Waals surface area contributed by atoms with Gasteiger partial charge >= 0.3 is 5.97 Å². The fourth-order valence-electron chi connectivity index (χ4n) is 1.50. The van der Waals surface area contributed by atoms with Crippen molar-refractivity contribution in [3.63, 3.8) is 0 Å². The fraction of sp³-hybridized carbons (Fsp3) is 0.357. The van der Waals surface area contributed by atoms with Gasteiger partial charge in [0.1, 0.15) is 6.10 Å². The van der Waals surface area contributed by atoms with E-state index in [2.05, 4.69) is 4.74 Å². The molecule has 1 aromatic rings. The topological polar surface area (TPSA) is 78.7 Å². The molecule has 6 heteroatoms. The van der Waals surface area contributed by atoms with Crippen LogP contribution in [0.5, 0.6) is 0 Å². The van der Waals surface area contributed by atoms with Gasteiger partial charge in [0.25, 0.3) is 5.70 Å². The Balaban J connectivity index is 2.67. The van der Waals surface area contributed by atoms with Gasteiger partial charge in [-0.2, -0.15) is 0 Å². The molecule has 1 rings (SSSR count). The van der Waals surface area contributed by atoms with E-state index in [1.807, 2.05) is 30.3 Å². The molecule has 108 valence electrons. The van der Waals surface area contributed by atoms with Crippen LogP contribution < -0.4 is 0 Å².